The molecule has 2 rings (SSSR count). The molecule has 1 atom stereocenters. The summed E-state index contributed by atoms with van der Waals surface area (Å²) in [5.74, 6) is 0. The molecule has 0 radical (unpaired) electrons. The van der Waals surface area contributed by atoms with Gasteiger partial charge in [-0.1, -0.05) is 44.0 Å². The Balaban J connectivity index is 2.17. The first kappa shape index (κ1) is 15.5. The predicted octanol–water partition coefficient (Wildman–Crippen LogP) is 3.90. The smallest absolute Gasteiger partial charge is 0.0476 e. The lowest BCUT2D eigenvalue weighted by atomic mass is 9.86. The number of hydrogen-bond donors (Lipinski definition) is 1. The zero-order chi connectivity index (χ0) is 14.6. The summed E-state index contributed by atoms with van der Waals surface area (Å²) in [7, 11) is 0. The van der Waals surface area contributed by atoms with Crippen molar-refractivity contribution in [1.29, 1.82) is 0 Å². The fourth-order valence-electron chi connectivity index (χ4n) is 3.26. The van der Waals surface area contributed by atoms with Crippen LogP contribution in [0.15, 0.2) is 24.3 Å². The summed E-state index contributed by atoms with van der Waals surface area (Å²) in [6, 6.07) is 8.88. The molecule has 20 heavy (non-hydrogen) atoms. The molecule has 2 heteroatoms. The predicted molar refractivity (Wildman–Crippen MR) is 86.9 cm³/mol. The molecule has 1 aliphatic rings. The van der Waals surface area contributed by atoms with Crippen LogP contribution in [0.5, 0.6) is 0 Å². The van der Waals surface area contributed by atoms with E-state index >= 15 is 0 Å². The van der Waals surface area contributed by atoms with E-state index in [1.54, 1.807) is 0 Å². The highest BCUT2D eigenvalue weighted by Crippen LogP contribution is 2.31. The van der Waals surface area contributed by atoms with Gasteiger partial charge in [0.2, 0.25) is 0 Å². The molecule has 1 aromatic rings. The maximum Gasteiger partial charge on any atom is 0.0476 e. The van der Waals surface area contributed by atoms with E-state index in [1.807, 2.05) is 0 Å². The molecule has 1 aromatic carbocycles. The Labute approximate surface area is 124 Å². The van der Waals surface area contributed by atoms with Gasteiger partial charge in [0.25, 0.3) is 0 Å². The van der Waals surface area contributed by atoms with Crippen LogP contribution in [-0.2, 0) is 6.42 Å². The fourth-order valence-corrected chi connectivity index (χ4v) is 3.26. The second-order valence-corrected chi connectivity index (χ2v) is 6.63. The molecule has 1 unspecified atom stereocenters. The summed E-state index contributed by atoms with van der Waals surface area (Å²) < 4.78 is 0. The van der Waals surface area contributed by atoms with E-state index in [1.165, 1.54) is 49.9 Å². The molecule has 0 amide bonds. The summed E-state index contributed by atoms with van der Waals surface area (Å²) in [5, 5.41) is 0. The molecule has 1 heterocycles. The number of nitrogens with two attached hydrogens (primary N) is 1. The molecule has 0 aliphatic carbocycles. The molecule has 2 N–H and O–H groups in total. The van der Waals surface area contributed by atoms with Gasteiger partial charge >= 0.3 is 0 Å². The first-order valence-corrected chi connectivity index (χ1v) is 8.15. The average molecular weight is 274 g/mol. The molecule has 1 fully saturated rings. The molecule has 0 spiro atoms. The number of rotatable bonds is 4. The van der Waals surface area contributed by atoms with E-state index < -0.39 is 0 Å². The van der Waals surface area contributed by atoms with E-state index in [9.17, 15) is 0 Å². The Hall–Kier alpha value is -0.860. The number of hydrogen-bond acceptors (Lipinski definition) is 2. The maximum atomic E-state index is 6.64. The summed E-state index contributed by atoms with van der Waals surface area (Å²) >= 11 is 0. The molecule has 0 aromatic heterocycles. The topological polar surface area (TPSA) is 29.3 Å². The van der Waals surface area contributed by atoms with Crippen molar-refractivity contribution in [3.63, 3.8) is 0 Å². The Bertz CT molecular complexity index is 417. The number of aryl methyl sites for hydroxylation is 1. The van der Waals surface area contributed by atoms with Crippen molar-refractivity contribution in [2.24, 2.45) is 5.73 Å². The third-order valence-electron chi connectivity index (χ3n) is 4.90. The van der Waals surface area contributed by atoms with E-state index in [0.29, 0.717) is 0 Å². The van der Waals surface area contributed by atoms with Crippen molar-refractivity contribution >= 4 is 0 Å². The highest BCUT2D eigenvalue weighted by Gasteiger charge is 2.34. The lowest BCUT2D eigenvalue weighted by Crippen LogP contribution is -2.51. The minimum atomic E-state index is 0.0245. The Morgan fingerprint density at radius 3 is 2.40 bits per heavy atom. The molecular formula is C18H30N2. The van der Waals surface area contributed by atoms with Crippen LogP contribution in [0.1, 0.15) is 63.6 Å². The van der Waals surface area contributed by atoms with Gasteiger partial charge in [0.1, 0.15) is 0 Å². The lowest BCUT2D eigenvalue weighted by Gasteiger charge is -2.42. The van der Waals surface area contributed by atoms with E-state index in [-0.39, 0.29) is 11.6 Å². The standard InChI is InChI=1S/C18H30N2/c1-4-15-10-9-11-16(14-15)17(19)18(2,3)20-12-7-5-6-8-13-20/h9-11,14,17H,4-8,12-13,19H2,1-3H3. The largest absolute Gasteiger partial charge is 0.322 e. The maximum absolute atomic E-state index is 6.64. The normalized spacial score (nSPS) is 19.6. The van der Waals surface area contributed by atoms with Gasteiger partial charge in [0, 0.05) is 11.6 Å². The van der Waals surface area contributed by atoms with Gasteiger partial charge in [0.05, 0.1) is 0 Å². The zero-order valence-corrected chi connectivity index (χ0v) is 13.4. The average Bonchev–Trinajstić information content (AvgIpc) is 2.76. The molecular weight excluding hydrogens is 244 g/mol. The van der Waals surface area contributed by atoms with Crippen molar-refractivity contribution in [3.8, 4) is 0 Å². The number of benzene rings is 1. The Kier molecular flexibility index (Phi) is 5.22. The van der Waals surface area contributed by atoms with Gasteiger partial charge in [-0.15, -0.1) is 0 Å². The van der Waals surface area contributed by atoms with E-state index in [0.717, 1.165) is 6.42 Å². The van der Waals surface area contributed by atoms with Crippen LogP contribution >= 0.6 is 0 Å². The Morgan fingerprint density at radius 1 is 1.15 bits per heavy atom. The van der Waals surface area contributed by atoms with Gasteiger partial charge in [0.15, 0.2) is 0 Å². The van der Waals surface area contributed by atoms with Crippen molar-refractivity contribution in [1.82, 2.24) is 4.90 Å². The minimum Gasteiger partial charge on any atom is -0.322 e. The van der Waals surface area contributed by atoms with Crippen LogP contribution in [0.4, 0.5) is 0 Å². The molecule has 1 aliphatic heterocycles. The van der Waals surface area contributed by atoms with E-state index in [2.05, 4.69) is 49.9 Å². The number of nitrogens with zero attached hydrogens (tertiary/aromatic N) is 1. The second-order valence-electron chi connectivity index (χ2n) is 6.63. The second kappa shape index (κ2) is 6.73. The van der Waals surface area contributed by atoms with Crippen molar-refractivity contribution in [3.05, 3.63) is 35.4 Å². The first-order valence-electron chi connectivity index (χ1n) is 8.15. The van der Waals surface area contributed by atoms with Gasteiger partial charge in [-0.2, -0.15) is 0 Å². The van der Waals surface area contributed by atoms with Crippen molar-refractivity contribution in [2.75, 3.05) is 13.1 Å². The monoisotopic (exact) mass is 274 g/mol. The summed E-state index contributed by atoms with van der Waals surface area (Å²) in [5.41, 5.74) is 9.32. The Morgan fingerprint density at radius 2 is 1.80 bits per heavy atom. The molecule has 0 saturated carbocycles. The third kappa shape index (κ3) is 3.42. The van der Waals surface area contributed by atoms with Gasteiger partial charge < -0.3 is 5.73 Å². The molecule has 112 valence electrons. The molecule has 1 saturated heterocycles. The van der Waals surface area contributed by atoms with Crippen LogP contribution < -0.4 is 5.73 Å². The van der Waals surface area contributed by atoms with Gasteiger partial charge in [-0.25, -0.2) is 0 Å². The van der Waals surface area contributed by atoms with Gasteiger partial charge in [-0.05, 0) is 57.3 Å². The fraction of sp³-hybridized carbons (Fsp3) is 0.667. The van der Waals surface area contributed by atoms with Crippen LogP contribution in [0.2, 0.25) is 0 Å². The quantitative estimate of drug-likeness (QED) is 0.902. The zero-order valence-electron chi connectivity index (χ0n) is 13.4. The molecule has 0 bridgehead atoms. The van der Waals surface area contributed by atoms with E-state index in [4.69, 9.17) is 5.73 Å². The summed E-state index contributed by atoms with van der Waals surface area (Å²) in [6.45, 7) is 9.19. The molecule has 2 nitrogen and oxygen atoms in total. The minimum absolute atomic E-state index is 0.0245. The summed E-state index contributed by atoms with van der Waals surface area (Å²) in [4.78, 5) is 2.60. The van der Waals surface area contributed by atoms with Crippen molar-refractivity contribution in [2.45, 2.75) is 64.5 Å². The highest BCUT2D eigenvalue weighted by atomic mass is 15.2. The van der Waals surface area contributed by atoms with Crippen LogP contribution in [0.3, 0.4) is 0 Å². The van der Waals surface area contributed by atoms with Crippen LogP contribution in [-0.4, -0.2) is 23.5 Å². The summed E-state index contributed by atoms with van der Waals surface area (Å²) in [6.07, 6.45) is 6.43. The lowest BCUT2D eigenvalue weighted by molar-refractivity contribution is 0.0980. The van der Waals surface area contributed by atoms with Crippen LogP contribution in [0.25, 0.3) is 0 Å². The third-order valence-corrected chi connectivity index (χ3v) is 4.90. The highest BCUT2D eigenvalue weighted by molar-refractivity contribution is 5.28. The number of likely N-dealkylation sites (tertiary alicyclic amines) is 1. The SMILES string of the molecule is CCc1cccc(C(N)C(C)(C)N2CCCCCC2)c1. The van der Waals surface area contributed by atoms with Crippen LogP contribution in [0, 0.1) is 0 Å². The van der Waals surface area contributed by atoms with Crippen molar-refractivity contribution < 1.29 is 0 Å². The van der Waals surface area contributed by atoms with Gasteiger partial charge in [-0.3, -0.25) is 4.90 Å². The first-order chi connectivity index (χ1) is 9.55.